The molecule has 28 heavy (non-hydrogen) atoms. The number of amides is 1. The average Bonchev–Trinajstić information content (AvgIpc) is 3.35. The molecule has 0 spiro atoms. The molecular formula is C17H15F4N5O2. The first-order valence-corrected chi connectivity index (χ1v) is 8.61. The van der Waals surface area contributed by atoms with Crippen LogP contribution in [0.15, 0.2) is 28.0 Å². The minimum Gasteiger partial charge on any atom is -0.411 e. The SMILES string of the molecule is O=C([C@@H]1CCN(c2nnco2)C[C@@H]1F)N1N=CC[C@H]1c1cc(F)cc(F)c1F. The standard InChI is InChI=1S/C17H15F4N5O2/c18-9-5-11(15(21)12(19)6-9)14-1-3-23-26(14)16(27)10-2-4-25(7-13(10)20)17-24-22-8-28-17/h3,5-6,8,10,13-14H,1-2,4,7H2/t10-,13+,14+/m1/s1. The number of aromatic nitrogens is 2. The lowest BCUT2D eigenvalue weighted by Gasteiger charge is -2.35. The van der Waals surface area contributed by atoms with E-state index in [0.717, 1.165) is 17.5 Å². The fourth-order valence-electron chi connectivity index (χ4n) is 3.53. The summed E-state index contributed by atoms with van der Waals surface area (Å²) in [4.78, 5) is 14.4. The molecule has 1 saturated heterocycles. The highest BCUT2D eigenvalue weighted by atomic mass is 19.2. The van der Waals surface area contributed by atoms with E-state index in [4.69, 9.17) is 4.42 Å². The number of benzene rings is 1. The molecule has 0 N–H and O–H groups in total. The van der Waals surface area contributed by atoms with Gasteiger partial charge in [0, 0.05) is 30.8 Å². The number of carbonyl (C=O) groups excluding carboxylic acids is 1. The summed E-state index contributed by atoms with van der Waals surface area (Å²) < 4.78 is 61.0. The Morgan fingerprint density at radius 3 is 2.79 bits per heavy atom. The van der Waals surface area contributed by atoms with Crippen LogP contribution in [-0.2, 0) is 4.79 Å². The van der Waals surface area contributed by atoms with Crippen LogP contribution >= 0.6 is 0 Å². The van der Waals surface area contributed by atoms with Gasteiger partial charge in [0.2, 0.25) is 12.3 Å². The maximum atomic E-state index is 14.7. The Kier molecular flexibility index (Phi) is 4.73. The summed E-state index contributed by atoms with van der Waals surface area (Å²) in [5.74, 6) is -5.27. The maximum Gasteiger partial charge on any atom is 0.318 e. The molecule has 0 saturated carbocycles. The van der Waals surface area contributed by atoms with Gasteiger partial charge in [-0.25, -0.2) is 22.6 Å². The van der Waals surface area contributed by atoms with Gasteiger partial charge in [-0.05, 0) is 12.5 Å². The molecule has 2 aliphatic rings. The minimum atomic E-state index is -1.56. The number of hydrogen-bond acceptors (Lipinski definition) is 6. The largest absolute Gasteiger partial charge is 0.411 e. The lowest BCUT2D eigenvalue weighted by molar-refractivity contribution is -0.140. The van der Waals surface area contributed by atoms with Gasteiger partial charge in [0.05, 0.1) is 18.5 Å². The second kappa shape index (κ2) is 7.21. The number of anilines is 1. The van der Waals surface area contributed by atoms with E-state index in [1.165, 1.54) is 11.1 Å². The average molecular weight is 397 g/mol. The van der Waals surface area contributed by atoms with Crippen LogP contribution in [0.2, 0.25) is 0 Å². The van der Waals surface area contributed by atoms with Gasteiger partial charge in [-0.3, -0.25) is 4.79 Å². The Labute approximate surface area is 156 Å². The number of carbonyl (C=O) groups is 1. The molecule has 7 nitrogen and oxygen atoms in total. The van der Waals surface area contributed by atoms with Gasteiger partial charge in [0.25, 0.3) is 0 Å². The first kappa shape index (κ1) is 18.4. The van der Waals surface area contributed by atoms with Crippen molar-refractivity contribution in [3.63, 3.8) is 0 Å². The van der Waals surface area contributed by atoms with Crippen LogP contribution < -0.4 is 4.90 Å². The van der Waals surface area contributed by atoms with E-state index in [2.05, 4.69) is 15.3 Å². The molecule has 4 rings (SSSR count). The van der Waals surface area contributed by atoms with Crippen molar-refractivity contribution >= 4 is 18.1 Å². The summed E-state index contributed by atoms with van der Waals surface area (Å²) in [5, 5.41) is 12.1. The zero-order valence-corrected chi connectivity index (χ0v) is 14.4. The molecule has 2 aliphatic heterocycles. The maximum absolute atomic E-state index is 14.7. The van der Waals surface area contributed by atoms with Crippen LogP contribution in [0.4, 0.5) is 23.6 Å². The molecular weight excluding hydrogens is 382 g/mol. The Balaban J connectivity index is 1.52. The smallest absolute Gasteiger partial charge is 0.318 e. The minimum absolute atomic E-state index is 0.0728. The molecule has 0 bridgehead atoms. The van der Waals surface area contributed by atoms with Crippen molar-refractivity contribution in [2.75, 3.05) is 18.0 Å². The summed E-state index contributed by atoms with van der Waals surface area (Å²) >= 11 is 0. The van der Waals surface area contributed by atoms with Crippen molar-refractivity contribution < 1.29 is 26.8 Å². The van der Waals surface area contributed by atoms with Gasteiger partial charge in [0.15, 0.2) is 11.6 Å². The number of hydrazone groups is 1. The Morgan fingerprint density at radius 1 is 1.25 bits per heavy atom. The molecule has 1 amide bonds. The van der Waals surface area contributed by atoms with Gasteiger partial charge in [-0.2, -0.15) is 5.10 Å². The monoisotopic (exact) mass is 397 g/mol. The third-order valence-electron chi connectivity index (χ3n) is 4.91. The van der Waals surface area contributed by atoms with Gasteiger partial charge in [0.1, 0.15) is 12.0 Å². The normalized spacial score (nSPS) is 24.8. The van der Waals surface area contributed by atoms with Gasteiger partial charge in [-0.1, -0.05) is 5.10 Å². The second-order valence-electron chi connectivity index (χ2n) is 6.60. The quantitative estimate of drug-likeness (QED) is 0.588. The van der Waals surface area contributed by atoms with Gasteiger partial charge >= 0.3 is 6.01 Å². The van der Waals surface area contributed by atoms with Crippen LogP contribution in [0.1, 0.15) is 24.4 Å². The first-order chi connectivity index (χ1) is 13.5. The molecule has 1 aromatic heterocycles. The summed E-state index contributed by atoms with van der Waals surface area (Å²) in [6.07, 6.45) is 1.12. The van der Waals surface area contributed by atoms with Crippen molar-refractivity contribution in [3.8, 4) is 0 Å². The van der Waals surface area contributed by atoms with E-state index in [1.54, 1.807) is 0 Å². The van der Waals surface area contributed by atoms with Crippen LogP contribution in [0.5, 0.6) is 0 Å². The number of nitrogens with zero attached hydrogens (tertiary/aromatic N) is 5. The zero-order chi connectivity index (χ0) is 19.8. The van der Waals surface area contributed by atoms with E-state index >= 15 is 0 Å². The van der Waals surface area contributed by atoms with Crippen LogP contribution in [0, 0.1) is 23.4 Å². The fraction of sp³-hybridized carbons (Fsp3) is 0.412. The van der Waals surface area contributed by atoms with E-state index in [9.17, 15) is 22.4 Å². The first-order valence-electron chi connectivity index (χ1n) is 8.61. The van der Waals surface area contributed by atoms with Crippen LogP contribution in [-0.4, -0.2) is 46.6 Å². The van der Waals surface area contributed by atoms with Crippen molar-refractivity contribution in [2.45, 2.75) is 25.1 Å². The highest BCUT2D eigenvalue weighted by Crippen LogP contribution is 2.35. The number of piperidine rings is 1. The van der Waals surface area contributed by atoms with Crippen LogP contribution in [0.3, 0.4) is 0 Å². The molecule has 0 unspecified atom stereocenters. The predicted octanol–water partition coefficient (Wildman–Crippen LogP) is 2.61. The van der Waals surface area contributed by atoms with Crippen molar-refractivity contribution in [3.05, 3.63) is 41.5 Å². The summed E-state index contributed by atoms with van der Waals surface area (Å²) in [6.45, 7) is 0.161. The molecule has 3 heterocycles. The Hall–Kier alpha value is -2.98. The molecule has 148 valence electrons. The fourth-order valence-corrected chi connectivity index (χ4v) is 3.53. The van der Waals surface area contributed by atoms with Crippen molar-refractivity contribution in [1.82, 2.24) is 15.2 Å². The van der Waals surface area contributed by atoms with Gasteiger partial charge in [-0.15, -0.1) is 5.10 Å². The number of halogens is 4. The van der Waals surface area contributed by atoms with Crippen LogP contribution in [0.25, 0.3) is 0 Å². The van der Waals surface area contributed by atoms with E-state index < -0.39 is 41.5 Å². The third-order valence-corrected chi connectivity index (χ3v) is 4.91. The lowest BCUT2D eigenvalue weighted by atomic mass is 9.93. The summed E-state index contributed by atoms with van der Waals surface area (Å²) in [7, 11) is 0. The molecule has 2 aromatic rings. The number of hydrogen-bond donors (Lipinski definition) is 0. The topological polar surface area (TPSA) is 74.8 Å². The predicted molar refractivity (Wildman–Crippen MR) is 88.5 cm³/mol. The molecule has 0 radical (unpaired) electrons. The van der Waals surface area contributed by atoms with E-state index in [0.29, 0.717) is 12.6 Å². The Morgan fingerprint density at radius 2 is 2.07 bits per heavy atom. The highest BCUT2D eigenvalue weighted by molar-refractivity contribution is 5.82. The van der Waals surface area contributed by atoms with Crippen molar-refractivity contribution in [2.24, 2.45) is 11.0 Å². The highest BCUT2D eigenvalue weighted by Gasteiger charge is 2.41. The lowest BCUT2D eigenvalue weighted by Crippen LogP contribution is -2.48. The number of alkyl halides is 1. The second-order valence-corrected chi connectivity index (χ2v) is 6.60. The van der Waals surface area contributed by atoms with Gasteiger partial charge < -0.3 is 9.32 Å². The molecule has 1 fully saturated rings. The molecule has 3 atom stereocenters. The van der Waals surface area contributed by atoms with Crippen molar-refractivity contribution in [1.29, 1.82) is 0 Å². The molecule has 1 aromatic carbocycles. The molecule has 0 aliphatic carbocycles. The third kappa shape index (κ3) is 3.20. The molecule has 11 heteroatoms. The summed E-state index contributed by atoms with van der Waals surface area (Å²) in [6, 6.07) is 0.372. The Bertz CT molecular complexity index is 907. The number of rotatable bonds is 3. The van der Waals surface area contributed by atoms with E-state index in [-0.39, 0.29) is 31.0 Å². The zero-order valence-electron chi connectivity index (χ0n) is 14.4. The summed E-state index contributed by atoms with van der Waals surface area (Å²) in [5.41, 5.74) is -0.331. The van der Waals surface area contributed by atoms with E-state index in [1.807, 2.05) is 0 Å².